The summed E-state index contributed by atoms with van der Waals surface area (Å²) in [5.41, 5.74) is 0. The van der Waals surface area contributed by atoms with Crippen LogP contribution in [0.2, 0.25) is 0 Å². The average molecular weight is 280 g/mol. The maximum atomic E-state index is 11.8. The fraction of sp³-hybridized carbons (Fsp3) is 0.714. The van der Waals surface area contributed by atoms with Gasteiger partial charge in [-0.2, -0.15) is 5.10 Å². The van der Waals surface area contributed by atoms with Gasteiger partial charge in [-0.1, -0.05) is 0 Å². The second-order valence-corrected chi connectivity index (χ2v) is 8.10. The first-order valence-electron chi connectivity index (χ1n) is 4.92. The minimum atomic E-state index is -3.62. The molecule has 2 heterocycles. The van der Waals surface area contributed by atoms with Crippen molar-refractivity contribution in [3.8, 4) is 0 Å². The van der Waals surface area contributed by atoms with E-state index >= 15 is 0 Å². The van der Waals surface area contributed by atoms with Gasteiger partial charge in [0.15, 0.2) is 9.84 Å². The molecule has 96 valence electrons. The molecule has 0 amide bonds. The summed E-state index contributed by atoms with van der Waals surface area (Å²) in [6.07, 6.45) is 1.41. The number of H-pyrrole nitrogens is 1. The maximum absolute atomic E-state index is 11.8. The van der Waals surface area contributed by atoms with Crippen LogP contribution in [-0.2, 0) is 26.4 Å². The molecular formula is C7H12N4O4S2. The summed E-state index contributed by atoms with van der Waals surface area (Å²) in [5.74, 6) is 0.00836. The Bertz CT molecular complexity index is 577. The summed E-state index contributed by atoms with van der Waals surface area (Å²) in [6.45, 7) is -0.0150. The Morgan fingerprint density at radius 3 is 2.82 bits per heavy atom. The number of aromatic nitrogens is 3. The number of nitrogens with zero attached hydrogens (tertiary/aromatic N) is 2. The average Bonchev–Trinajstić information content (AvgIpc) is 2.84. The molecule has 1 unspecified atom stereocenters. The first kappa shape index (κ1) is 12.5. The van der Waals surface area contributed by atoms with Crippen molar-refractivity contribution >= 4 is 19.9 Å². The Morgan fingerprint density at radius 1 is 1.53 bits per heavy atom. The molecule has 1 aliphatic rings. The first-order chi connectivity index (χ1) is 7.89. The van der Waals surface area contributed by atoms with Gasteiger partial charge in [-0.3, -0.25) is 5.10 Å². The lowest BCUT2D eigenvalue weighted by Crippen LogP contribution is -2.35. The molecule has 0 aliphatic carbocycles. The van der Waals surface area contributed by atoms with Crippen molar-refractivity contribution in [3.05, 3.63) is 12.2 Å². The van der Waals surface area contributed by atoms with Crippen LogP contribution < -0.4 is 4.72 Å². The zero-order valence-corrected chi connectivity index (χ0v) is 10.5. The Morgan fingerprint density at radius 2 is 2.29 bits per heavy atom. The van der Waals surface area contributed by atoms with Gasteiger partial charge in [0, 0.05) is 0 Å². The molecule has 0 aromatic carbocycles. The van der Waals surface area contributed by atoms with Gasteiger partial charge in [0.25, 0.3) is 0 Å². The van der Waals surface area contributed by atoms with E-state index < -0.39 is 25.1 Å². The van der Waals surface area contributed by atoms with Crippen molar-refractivity contribution in [1.82, 2.24) is 19.9 Å². The number of nitrogens with one attached hydrogen (secondary N) is 2. The zero-order valence-electron chi connectivity index (χ0n) is 8.83. The van der Waals surface area contributed by atoms with Gasteiger partial charge < -0.3 is 0 Å². The number of rotatable bonds is 4. The summed E-state index contributed by atoms with van der Waals surface area (Å²) in [7, 11) is -6.83. The lowest BCUT2D eigenvalue weighted by Gasteiger charge is -2.09. The van der Waals surface area contributed by atoms with E-state index in [1.165, 1.54) is 6.33 Å². The smallest absolute Gasteiger partial charge is 0.215 e. The van der Waals surface area contributed by atoms with E-state index in [2.05, 4.69) is 19.9 Å². The van der Waals surface area contributed by atoms with Gasteiger partial charge in [-0.25, -0.2) is 26.5 Å². The van der Waals surface area contributed by atoms with E-state index in [4.69, 9.17) is 0 Å². The molecule has 0 bridgehead atoms. The highest BCUT2D eigenvalue weighted by molar-refractivity contribution is 7.95. The van der Waals surface area contributed by atoms with E-state index in [1.807, 2.05) is 0 Å². The van der Waals surface area contributed by atoms with Crippen LogP contribution in [0.5, 0.6) is 0 Å². The summed E-state index contributed by atoms with van der Waals surface area (Å²) >= 11 is 0. The third-order valence-corrected chi connectivity index (χ3v) is 6.34. The monoisotopic (exact) mass is 280 g/mol. The highest BCUT2D eigenvalue weighted by Gasteiger charge is 2.36. The summed E-state index contributed by atoms with van der Waals surface area (Å²) in [5, 5.41) is 5.22. The molecule has 2 N–H and O–H groups in total. The van der Waals surface area contributed by atoms with E-state index in [1.54, 1.807) is 0 Å². The van der Waals surface area contributed by atoms with Gasteiger partial charge in [-0.15, -0.1) is 0 Å². The molecule has 1 atom stereocenters. The van der Waals surface area contributed by atoms with Gasteiger partial charge in [0.1, 0.15) is 12.2 Å². The Balaban J connectivity index is 2.00. The van der Waals surface area contributed by atoms with Gasteiger partial charge in [0.2, 0.25) is 10.0 Å². The topological polar surface area (TPSA) is 122 Å². The lowest BCUT2D eigenvalue weighted by molar-refractivity contribution is 0.566. The predicted molar refractivity (Wildman–Crippen MR) is 59.2 cm³/mol. The normalized spacial score (nSPS) is 23.9. The van der Waals surface area contributed by atoms with Gasteiger partial charge >= 0.3 is 0 Å². The summed E-state index contributed by atoms with van der Waals surface area (Å²) in [6, 6.07) is 0. The minimum Gasteiger partial charge on any atom is -0.262 e. The van der Waals surface area contributed by atoms with Gasteiger partial charge in [-0.05, 0) is 6.42 Å². The third kappa shape index (κ3) is 3.01. The minimum absolute atomic E-state index is 0.0150. The molecule has 0 spiro atoms. The van der Waals surface area contributed by atoms with E-state index in [-0.39, 0.29) is 24.5 Å². The molecule has 1 fully saturated rings. The van der Waals surface area contributed by atoms with Crippen molar-refractivity contribution in [3.63, 3.8) is 0 Å². The second kappa shape index (κ2) is 4.35. The van der Waals surface area contributed by atoms with Crippen molar-refractivity contribution < 1.29 is 16.8 Å². The van der Waals surface area contributed by atoms with Crippen molar-refractivity contribution in [2.24, 2.45) is 0 Å². The number of hydrogen-bond acceptors (Lipinski definition) is 6. The number of aromatic amines is 1. The molecule has 8 nitrogen and oxygen atoms in total. The van der Waals surface area contributed by atoms with Crippen LogP contribution in [-0.4, -0.2) is 48.8 Å². The quantitative estimate of drug-likeness (QED) is 0.685. The molecule has 1 saturated heterocycles. The molecule has 0 radical (unpaired) electrons. The molecule has 1 aromatic rings. The molecule has 10 heteroatoms. The SMILES string of the molecule is O=S1(=O)CCC(S(=O)(=O)NCc2ncn[nH]2)C1. The predicted octanol–water partition coefficient (Wildman–Crippen LogP) is -1.59. The largest absolute Gasteiger partial charge is 0.262 e. The van der Waals surface area contributed by atoms with E-state index in [0.717, 1.165) is 0 Å². The van der Waals surface area contributed by atoms with Crippen molar-refractivity contribution in [1.29, 1.82) is 0 Å². The number of sulfone groups is 1. The van der Waals surface area contributed by atoms with E-state index in [0.29, 0.717) is 5.82 Å². The fourth-order valence-corrected chi connectivity index (χ4v) is 5.64. The standard InChI is InChI=1S/C7H12N4O4S2/c12-16(13)2-1-6(4-16)17(14,15)10-3-7-8-5-9-11-7/h5-6,10H,1-4H2,(H,8,9,11). The Labute approximate surface area is 98.8 Å². The summed E-state index contributed by atoms with van der Waals surface area (Å²) < 4.78 is 48.3. The molecule has 0 saturated carbocycles. The molecule has 1 aliphatic heterocycles. The third-order valence-electron chi connectivity index (χ3n) is 2.54. The summed E-state index contributed by atoms with van der Waals surface area (Å²) in [4.78, 5) is 3.76. The van der Waals surface area contributed by atoms with Crippen molar-refractivity contribution in [2.45, 2.75) is 18.2 Å². The van der Waals surface area contributed by atoms with Crippen LogP contribution in [0.15, 0.2) is 6.33 Å². The zero-order chi connectivity index (χ0) is 12.5. The number of hydrogen-bond donors (Lipinski definition) is 2. The fourth-order valence-electron chi connectivity index (χ4n) is 1.61. The molecule has 17 heavy (non-hydrogen) atoms. The second-order valence-electron chi connectivity index (χ2n) is 3.82. The van der Waals surface area contributed by atoms with Crippen LogP contribution in [0.4, 0.5) is 0 Å². The van der Waals surface area contributed by atoms with E-state index in [9.17, 15) is 16.8 Å². The first-order valence-corrected chi connectivity index (χ1v) is 8.29. The van der Waals surface area contributed by atoms with Crippen LogP contribution in [0.3, 0.4) is 0 Å². The van der Waals surface area contributed by atoms with Crippen molar-refractivity contribution in [2.75, 3.05) is 11.5 Å². The van der Waals surface area contributed by atoms with Gasteiger partial charge in [0.05, 0.1) is 23.3 Å². The number of sulfonamides is 1. The highest BCUT2D eigenvalue weighted by atomic mass is 32.2. The maximum Gasteiger partial charge on any atom is 0.215 e. The van der Waals surface area contributed by atoms with Crippen LogP contribution in [0, 0.1) is 0 Å². The van der Waals surface area contributed by atoms with Crippen LogP contribution >= 0.6 is 0 Å². The van der Waals surface area contributed by atoms with Crippen LogP contribution in [0.1, 0.15) is 12.2 Å². The highest BCUT2D eigenvalue weighted by Crippen LogP contribution is 2.18. The molecule has 2 rings (SSSR count). The van der Waals surface area contributed by atoms with Crippen LogP contribution in [0.25, 0.3) is 0 Å². The molecular weight excluding hydrogens is 268 g/mol. The lowest BCUT2D eigenvalue weighted by atomic mass is 10.4. The Kier molecular flexibility index (Phi) is 3.19. The Hall–Kier alpha value is -1.00. The molecule has 1 aromatic heterocycles.